The predicted octanol–water partition coefficient (Wildman–Crippen LogP) is 3.00. The van der Waals surface area contributed by atoms with Gasteiger partial charge in [0, 0.05) is 0 Å². The van der Waals surface area contributed by atoms with E-state index in [4.69, 9.17) is 0 Å². The van der Waals surface area contributed by atoms with E-state index in [1.54, 1.807) is 5.57 Å². The van der Waals surface area contributed by atoms with E-state index < -0.39 is 0 Å². The van der Waals surface area contributed by atoms with Gasteiger partial charge in [0.25, 0.3) is 0 Å². The third kappa shape index (κ3) is 1.57. The van der Waals surface area contributed by atoms with E-state index in [0.717, 1.165) is 11.8 Å². The summed E-state index contributed by atoms with van der Waals surface area (Å²) in [5.74, 6) is 1.82. The zero-order chi connectivity index (χ0) is 6.85. The Bertz CT molecular complexity index is 122. The van der Waals surface area contributed by atoms with Crippen molar-refractivity contribution in [2.45, 2.75) is 33.6 Å². The van der Waals surface area contributed by atoms with Crippen molar-refractivity contribution >= 4 is 0 Å². The molecule has 0 aliphatic heterocycles. The topological polar surface area (TPSA) is 0 Å². The fourth-order valence-corrected chi connectivity index (χ4v) is 1.41. The lowest BCUT2D eigenvalue weighted by atomic mass is 9.83. The molecule has 0 heteroatoms. The SMILES string of the molecule is CC1=CC[C@@H](C)[C@@H](C)C1. The average molecular weight is 124 g/mol. The van der Waals surface area contributed by atoms with Gasteiger partial charge in [-0.25, -0.2) is 0 Å². The summed E-state index contributed by atoms with van der Waals surface area (Å²) in [6.07, 6.45) is 5.00. The standard InChI is InChI=1S/C9H16/c1-7-4-5-8(2)9(3)6-7/h4,8-9H,5-6H2,1-3H3/t8-,9+/m1/s1. The highest BCUT2D eigenvalue weighted by atomic mass is 14.2. The molecule has 0 bridgehead atoms. The Morgan fingerprint density at radius 2 is 2.00 bits per heavy atom. The van der Waals surface area contributed by atoms with Crippen molar-refractivity contribution in [3.8, 4) is 0 Å². The molecule has 0 N–H and O–H groups in total. The van der Waals surface area contributed by atoms with Gasteiger partial charge in [-0.15, -0.1) is 0 Å². The normalized spacial score (nSPS) is 36.1. The van der Waals surface area contributed by atoms with Crippen LogP contribution in [0.5, 0.6) is 0 Å². The van der Waals surface area contributed by atoms with E-state index >= 15 is 0 Å². The Kier molecular flexibility index (Phi) is 1.94. The Morgan fingerprint density at radius 3 is 2.44 bits per heavy atom. The first-order valence-corrected chi connectivity index (χ1v) is 3.86. The average Bonchev–Trinajstić information content (AvgIpc) is 1.80. The van der Waals surface area contributed by atoms with Crippen LogP contribution in [0.2, 0.25) is 0 Å². The van der Waals surface area contributed by atoms with Crippen molar-refractivity contribution in [1.82, 2.24) is 0 Å². The molecule has 52 valence electrons. The zero-order valence-corrected chi connectivity index (χ0v) is 6.65. The molecule has 0 aromatic carbocycles. The maximum absolute atomic E-state index is 2.38. The first-order valence-electron chi connectivity index (χ1n) is 3.86. The van der Waals surface area contributed by atoms with Crippen LogP contribution in [0.15, 0.2) is 11.6 Å². The van der Waals surface area contributed by atoms with Crippen LogP contribution in [0.4, 0.5) is 0 Å². The van der Waals surface area contributed by atoms with E-state index in [9.17, 15) is 0 Å². The summed E-state index contributed by atoms with van der Waals surface area (Å²) in [5, 5.41) is 0. The monoisotopic (exact) mass is 124 g/mol. The molecule has 1 rings (SSSR count). The Morgan fingerprint density at radius 1 is 1.33 bits per heavy atom. The fourth-order valence-electron chi connectivity index (χ4n) is 1.41. The smallest absolute Gasteiger partial charge is 0.0295 e. The molecule has 2 atom stereocenters. The van der Waals surface area contributed by atoms with Crippen LogP contribution < -0.4 is 0 Å². The molecule has 0 aromatic rings. The van der Waals surface area contributed by atoms with E-state index in [2.05, 4.69) is 26.8 Å². The Labute approximate surface area is 58.0 Å². The largest absolute Gasteiger partial charge is 0.0853 e. The van der Waals surface area contributed by atoms with Crippen LogP contribution in [0.1, 0.15) is 33.6 Å². The quantitative estimate of drug-likeness (QED) is 0.435. The highest BCUT2D eigenvalue weighted by molar-refractivity contribution is 5.04. The van der Waals surface area contributed by atoms with Gasteiger partial charge in [0.2, 0.25) is 0 Å². The molecular weight excluding hydrogens is 108 g/mol. The molecule has 0 fully saturated rings. The van der Waals surface area contributed by atoms with Gasteiger partial charge in [0.05, 0.1) is 0 Å². The van der Waals surface area contributed by atoms with Crippen LogP contribution in [0.25, 0.3) is 0 Å². The molecule has 0 spiro atoms. The maximum atomic E-state index is 2.38. The van der Waals surface area contributed by atoms with E-state index in [0.29, 0.717) is 0 Å². The molecule has 0 saturated carbocycles. The van der Waals surface area contributed by atoms with Crippen LogP contribution in [0.3, 0.4) is 0 Å². The summed E-state index contributed by atoms with van der Waals surface area (Å²) in [6, 6.07) is 0. The molecule has 0 heterocycles. The van der Waals surface area contributed by atoms with Gasteiger partial charge >= 0.3 is 0 Å². The first-order chi connectivity index (χ1) is 4.20. The van der Waals surface area contributed by atoms with Gasteiger partial charge in [0.15, 0.2) is 0 Å². The molecule has 0 saturated heterocycles. The number of hydrogen-bond acceptors (Lipinski definition) is 0. The molecular formula is C9H16. The molecule has 0 radical (unpaired) electrons. The third-order valence-electron chi connectivity index (χ3n) is 2.45. The molecule has 1 aliphatic carbocycles. The Balaban J connectivity index is 2.54. The van der Waals surface area contributed by atoms with Crippen LogP contribution in [0, 0.1) is 11.8 Å². The summed E-state index contributed by atoms with van der Waals surface area (Å²) in [5.41, 5.74) is 1.58. The predicted molar refractivity (Wildman–Crippen MR) is 41.3 cm³/mol. The van der Waals surface area contributed by atoms with E-state index in [-0.39, 0.29) is 0 Å². The lowest BCUT2D eigenvalue weighted by Crippen LogP contribution is -2.11. The van der Waals surface area contributed by atoms with Crippen LogP contribution in [-0.4, -0.2) is 0 Å². The first kappa shape index (κ1) is 6.85. The molecule has 0 aromatic heterocycles. The van der Waals surface area contributed by atoms with Crippen molar-refractivity contribution in [3.05, 3.63) is 11.6 Å². The number of rotatable bonds is 0. The second-order valence-electron chi connectivity index (χ2n) is 3.44. The lowest BCUT2D eigenvalue weighted by molar-refractivity contribution is 0.369. The molecule has 1 aliphatic rings. The minimum Gasteiger partial charge on any atom is -0.0853 e. The van der Waals surface area contributed by atoms with Gasteiger partial charge in [-0.05, 0) is 31.6 Å². The minimum absolute atomic E-state index is 0.911. The van der Waals surface area contributed by atoms with E-state index in [1.807, 2.05) is 0 Å². The highest BCUT2D eigenvalue weighted by Crippen LogP contribution is 2.27. The summed E-state index contributed by atoms with van der Waals surface area (Å²) in [7, 11) is 0. The van der Waals surface area contributed by atoms with E-state index in [1.165, 1.54) is 12.8 Å². The summed E-state index contributed by atoms with van der Waals surface area (Å²) in [6.45, 7) is 6.93. The molecule has 0 unspecified atom stereocenters. The number of allylic oxidation sites excluding steroid dienone is 2. The van der Waals surface area contributed by atoms with Crippen LogP contribution in [-0.2, 0) is 0 Å². The van der Waals surface area contributed by atoms with Crippen molar-refractivity contribution in [3.63, 3.8) is 0 Å². The van der Waals surface area contributed by atoms with Gasteiger partial charge < -0.3 is 0 Å². The molecule has 9 heavy (non-hydrogen) atoms. The third-order valence-corrected chi connectivity index (χ3v) is 2.45. The molecule has 0 nitrogen and oxygen atoms in total. The van der Waals surface area contributed by atoms with Gasteiger partial charge in [-0.2, -0.15) is 0 Å². The van der Waals surface area contributed by atoms with Crippen LogP contribution >= 0.6 is 0 Å². The second kappa shape index (κ2) is 2.55. The van der Waals surface area contributed by atoms with Crippen molar-refractivity contribution in [1.29, 1.82) is 0 Å². The van der Waals surface area contributed by atoms with Crippen molar-refractivity contribution in [2.24, 2.45) is 11.8 Å². The summed E-state index contributed by atoms with van der Waals surface area (Å²) >= 11 is 0. The van der Waals surface area contributed by atoms with Gasteiger partial charge in [-0.3, -0.25) is 0 Å². The van der Waals surface area contributed by atoms with Crippen molar-refractivity contribution in [2.75, 3.05) is 0 Å². The maximum Gasteiger partial charge on any atom is -0.0295 e. The van der Waals surface area contributed by atoms with Gasteiger partial charge in [-0.1, -0.05) is 25.5 Å². The molecule has 0 amide bonds. The number of hydrogen-bond donors (Lipinski definition) is 0. The van der Waals surface area contributed by atoms with Gasteiger partial charge in [0.1, 0.15) is 0 Å². The van der Waals surface area contributed by atoms with Crippen molar-refractivity contribution < 1.29 is 0 Å². The fraction of sp³-hybridized carbons (Fsp3) is 0.778. The zero-order valence-electron chi connectivity index (χ0n) is 6.65. The second-order valence-corrected chi connectivity index (χ2v) is 3.44. The summed E-state index contributed by atoms with van der Waals surface area (Å²) < 4.78 is 0. The minimum atomic E-state index is 0.911. The highest BCUT2D eigenvalue weighted by Gasteiger charge is 2.15. The Hall–Kier alpha value is -0.260. The summed E-state index contributed by atoms with van der Waals surface area (Å²) in [4.78, 5) is 0. The lowest BCUT2D eigenvalue weighted by Gasteiger charge is -2.23.